The van der Waals surface area contributed by atoms with Crippen LogP contribution in [0.3, 0.4) is 0 Å². The molecule has 0 aromatic carbocycles. The number of ether oxygens (including phenoxy) is 1. The molecule has 0 amide bonds. The number of morpholine rings is 1. The first-order chi connectivity index (χ1) is 11.6. The molecule has 1 saturated heterocycles. The Morgan fingerprint density at radius 3 is 2.58 bits per heavy atom. The summed E-state index contributed by atoms with van der Waals surface area (Å²) in [5.41, 5.74) is -0.0736. The Morgan fingerprint density at radius 1 is 1.25 bits per heavy atom. The summed E-state index contributed by atoms with van der Waals surface area (Å²) in [7, 11) is -3.52. The van der Waals surface area contributed by atoms with Gasteiger partial charge in [0.15, 0.2) is 0 Å². The number of aromatic nitrogens is 2. The van der Waals surface area contributed by atoms with Crippen molar-refractivity contribution in [3.05, 3.63) is 12.4 Å². The number of hydrogen-bond donors (Lipinski definition) is 1. The van der Waals surface area contributed by atoms with Crippen molar-refractivity contribution in [3.8, 4) is 0 Å². The van der Waals surface area contributed by atoms with E-state index in [0.29, 0.717) is 13.1 Å². The van der Waals surface area contributed by atoms with Gasteiger partial charge < -0.3 is 4.74 Å². The molecule has 1 aromatic rings. The molecular weight excluding hydrogens is 328 g/mol. The molecule has 1 aliphatic carbocycles. The predicted octanol–water partition coefficient (Wildman–Crippen LogP) is 1.22. The first kappa shape index (κ1) is 17.8. The van der Waals surface area contributed by atoms with Crippen molar-refractivity contribution in [3.63, 3.8) is 0 Å². The third-order valence-electron chi connectivity index (χ3n) is 5.30. The van der Waals surface area contributed by atoms with E-state index in [9.17, 15) is 8.42 Å². The van der Waals surface area contributed by atoms with Crippen LogP contribution < -0.4 is 4.72 Å². The average molecular weight is 356 g/mol. The highest BCUT2D eigenvalue weighted by molar-refractivity contribution is 7.89. The Morgan fingerprint density at radius 2 is 1.96 bits per heavy atom. The van der Waals surface area contributed by atoms with E-state index in [2.05, 4.69) is 14.7 Å². The highest BCUT2D eigenvalue weighted by atomic mass is 32.2. The standard InChI is InChI=1S/C16H28N4O3S/c1-2-20-13-15(12-17-20)24(21,22)18-14-16(6-4-3-5-7-16)19-8-10-23-11-9-19/h12-13,18H,2-11,14H2,1H3. The molecule has 1 saturated carbocycles. The molecule has 0 atom stereocenters. The lowest BCUT2D eigenvalue weighted by Crippen LogP contribution is -2.59. The van der Waals surface area contributed by atoms with Crippen LogP contribution >= 0.6 is 0 Å². The first-order valence-electron chi connectivity index (χ1n) is 8.91. The molecule has 8 heteroatoms. The number of sulfonamides is 1. The van der Waals surface area contributed by atoms with E-state index in [1.807, 2.05) is 6.92 Å². The second-order valence-corrected chi connectivity index (χ2v) is 8.51. The fraction of sp³-hybridized carbons (Fsp3) is 0.812. The minimum atomic E-state index is -3.52. The summed E-state index contributed by atoms with van der Waals surface area (Å²) >= 11 is 0. The van der Waals surface area contributed by atoms with Crippen molar-refractivity contribution in [2.24, 2.45) is 0 Å². The van der Waals surface area contributed by atoms with Gasteiger partial charge in [0.1, 0.15) is 4.90 Å². The van der Waals surface area contributed by atoms with Crippen molar-refractivity contribution in [1.29, 1.82) is 0 Å². The molecule has 1 N–H and O–H groups in total. The van der Waals surface area contributed by atoms with Crippen LogP contribution in [0, 0.1) is 0 Å². The molecule has 0 radical (unpaired) electrons. The molecule has 2 heterocycles. The zero-order valence-corrected chi connectivity index (χ0v) is 15.2. The molecule has 0 unspecified atom stereocenters. The third-order valence-corrected chi connectivity index (χ3v) is 6.66. The minimum absolute atomic E-state index is 0.0736. The number of aryl methyl sites for hydroxylation is 1. The molecule has 136 valence electrons. The van der Waals surface area contributed by atoms with Gasteiger partial charge in [-0.05, 0) is 19.8 Å². The summed E-state index contributed by atoms with van der Waals surface area (Å²) < 4.78 is 35.2. The molecule has 0 spiro atoms. The van der Waals surface area contributed by atoms with Gasteiger partial charge in [0.2, 0.25) is 10.0 Å². The summed E-state index contributed by atoms with van der Waals surface area (Å²) in [4.78, 5) is 2.69. The molecule has 7 nitrogen and oxygen atoms in total. The maximum atomic E-state index is 12.6. The Labute approximate surface area is 144 Å². The Hall–Kier alpha value is -0.960. The number of hydrogen-bond acceptors (Lipinski definition) is 5. The summed E-state index contributed by atoms with van der Waals surface area (Å²) in [6.45, 7) is 6.30. The van der Waals surface area contributed by atoms with Gasteiger partial charge in [-0.1, -0.05) is 19.3 Å². The minimum Gasteiger partial charge on any atom is -0.379 e. The highest BCUT2D eigenvalue weighted by Gasteiger charge is 2.39. The lowest BCUT2D eigenvalue weighted by molar-refractivity contribution is -0.0348. The van der Waals surface area contributed by atoms with Gasteiger partial charge in [-0.25, -0.2) is 13.1 Å². The van der Waals surface area contributed by atoms with Crippen LogP contribution in [0.1, 0.15) is 39.0 Å². The summed E-state index contributed by atoms with van der Waals surface area (Å²) in [5, 5.41) is 4.07. The second-order valence-electron chi connectivity index (χ2n) is 6.74. The van der Waals surface area contributed by atoms with Gasteiger partial charge in [0.25, 0.3) is 0 Å². The smallest absolute Gasteiger partial charge is 0.243 e. The number of nitrogens with one attached hydrogen (secondary N) is 1. The zero-order valence-electron chi connectivity index (χ0n) is 14.4. The molecule has 1 aromatic heterocycles. The Bertz CT molecular complexity index is 632. The van der Waals surface area contributed by atoms with Crippen LogP contribution in [0.15, 0.2) is 17.3 Å². The monoisotopic (exact) mass is 356 g/mol. The van der Waals surface area contributed by atoms with Crippen molar-refractivity contribution < 1.29 is 13.2 Å². The highest BCUT2D eigenvalue weighted by Crippen LogP contribution is 2.34. The topological polar surface area (TPSA) is 76.5 Å². The van der Waals surface area contributed by atoms with Crippen LogP contribution in [-0.4, -0.2) is 61.5 Å². The maximum Gasteiger partial charge on any atom is 0.243 e. The van der Waals surface area contributed by atoms with E-state index >= 15 is 0 Å². The number of nitrogens with zero attached hydrogens (tertiary/aromatic N) is 3. The lowest BCUT2D eigenvalue weighted by Gasteiger charge is -2.48. The molecule has 24 heavy (non-hydrogen) atoms. The Balaban J connectivity index is 1.72. The molecular formula is C16H28N4O3S. The predicted molar refractivity (Wildman–Crippen MR) is 91.3 cm³/mol. The van der Waals surface area contributed by atoms with Crippen LogP contribution in [0.4, 0.5) is 0 Å². The molecule has 2 aliphatic rings. The van der Waals surface area contributed by atoms with E-state index < -0.39 is 10.0 Å². The van der Waals surface area contributed by atoms with Gasteiger partial charge in [0.05, 0.1) is 19.4 Å². The van der Waals surface area contributed by atoms with Crippen LogP contribution in [0.2, 0.25) is 0 Å². The third kappa shape index (κ3) is 3.82. The van der Waals surface area contributed by atoms with E-state index in [-0.39, 0.29) is 10.4 Å². The van der Waals surface area contributed by atoms with E-state index in [0.717, 1.165) is 52.0 Å². The first-order valence-corrected chi connectivity index (χ1v) is 10.4. The Kier molecular flexibility index (Phi) is 5.59. The normalized spacial score (nSPS) is 22.5. The quantitative estimate of drug-likeness (QED) is 0.829. The van der Waals surface area contributed by atoms with E-state index in [1.54, 1.807) is 10.9 Å². The fourth-order valence-electron chi connectivity index (χ4n) is 3.82. The summed E-state index contributed by atoms with van der Waals surface area (Å²) in [6.07, 6.45) is 8.66. The SMILES string of the molecule is CCn1cc(S(=O)(=O)NCC2(N3CCOCC3)CCCCC2)cn1. The van der Waals surface area contributed by atoms with Crippen molar-refractivity contribution in [1.82, 2.24) is 19.4 Å². The van der Waals surface area contributed by atoms with Gasteiger partial charge in [-0.3, -0.25) is 9.58 Å². The van der Waals surface area contributed by atoms with Gasteiger partial charge in [-0.2, -0.15) is 5.10 Å². The van der Waals surface area contributed by atoms with Gasteiger partial charge >= 0.3 is 0 Å². The maximum absolute atomic E-state index is 12.6. The second kappa shape index (κ2) is 7.51. The molecule has 1 aliphatic heterocycles. The summed E-state index contributed by atoms with van der Waals surface area (Å²) in [5.74, 6) is 0. The average Bonchev–Trinajstić information content (AvgIpc) is 3.12. The van der Waals surface area contributed by atoms with Gasteiger partial charge in [-0.15, -0.1) is 0 Å². The van der Waals surface area contributed by atoms with Crippen LogP contribution in [0.5, 0.6) is 0 Å². The van der Waals surface area contributed by atoms with Crippen LogP contribution in [-0.2, 0) is 21.3 Å². The number of rotatable bonds is 6. The van der Waals surface area contributed by atoms with Crippen molar-refractivity contribution in [2.75, 3.05) is 32.8 Å². The van der Waals surface area contributed by atoms with Gasteiger partial charge in [0, 0.05) is 37.9 Å². The molecule has 2 fully saturated rings. The van der Waals surface area contributed by atoms with Crippen molar-refractivity contribution in [2.45, 2.75) is 56.0 Å². The zero-order chi connectivity index (χ0) is 17.0. The van der Waals surface area contributed by atoms with E-state index in [4.69, 9.17) is 4.74 Å². The van der Waals surface area contributed by atoms with Crippen molar-refractivity contribution >= 4 is 10.0 Å². The molecule has 0 bridgehead atoms. The van der Waals surface area contributed by atoms with Crippen LogP contribution in [0.25, 0.3) is 0 Å². The largest absolute Gasteiger partial charge is 0.379 e. The molecule has 3 rings (SSSR count). The summed E-state index contributed by atoms with van der Waals surface area (Å²) in [6, 6.07) is 0. The fourth-order valence-corrected chi connectivity index (χ4v) is 4.89. The van der Waals surface area contributed by atoms with E-state index in [1.165, 1.54) is 12.6 Å². The lowest BCUT2D eigenvalue weighted by atomic mass is 9.80.